The first-order valence-corrected chi connectivity index (χ1v) is 5.25. The van der Waals surface area contributed by atoms with Gasteiger partial charge in [-0.3, -0.25) is 4.68 Å². The molecule has 4 nitrogen and oxygen atoms in total. The summed E-state index contributed by atoms with van der Waals surface area (Å²) in [5.41, 5.74) is 1.13. The maximum absolute atomic E-state index is 4.14. The van der Waals surface area contributed by atoms with Gasteiger partial charge in [0.15, 0.2) is 0 Å². The van der Waals surface area contributed by atoms with E-state index in [4.69, 9.17) is 0 Å². The van der Waals surface area contributed by atoms with Gasteiger partial charge in [0.1, 0.15) is 0 Å². The average molecular weight is 194 g/mol. The van der Waals surface area contributed by atoms with Gasteiger partial charge in [0.05, 0.1) is 11.9 Å². The van der Waals surface area contributed by atoms with Crippen LogP contribution >= 0.6 is 0 Å². The van der Waals surface area contributed by atoms with E-state index in [2.05, 4.69) is 22.2 Å². The maximum Gasteiger partial charge on any atom is 0.0728 e. The summed E-state index contributed by atoms with van der Waals surface area (Å²) in [6.07, 6.45) is 5.14. The molecule has 1 aliphatic rings. The standard InChI is InChI=1S/C10H18N4/c1-3-14-5-4-9(8-14)12-10-6-11-13(2)7-10/h6-7,9,12H,3-5,8H2,1-2H3. The molecule has 2 heterocycles. The zero-order chi connectivity index (χ0) is 9.97. The van der Waals surface area contributed by atoms with E-state index >= 15 is 0 Å². The molecule has 14 heavy (non-hydrogen) atoms. The molecule has 0 amide bonds. The molecule has 1 N–H and O–H groups in total. The summed E-state index contributed by atoms with van der Waals surface area (Å²) < 4.78 is 1.83. The number of aromatic nitrogens is 2. The average Bonchev–Trinajstić information content (AvgIpc) is 2.76. The summed E-state index contributed by atoms with van der Waals surface area (Å²) in [7, 11) is 1.94. The summed E-state index contributed by atoms with van der Waals surface area (Å²) in [5.74, 6) is 0. The summed E-state index contributed by atoms with van der Waals surface area (Å²) in [4.78, 5) is 2.47. The van der Waals surface area contributed by atoms with Gasteiger partial charge in [-0.2, -0.15) is 5.10 Å². The van der Waals surface area contributed by atoms with E-state index in [0.717, 1.165) is 18.8 Å². The molecule has 0 spiro atoms. The SMILES string of the molecule is CCN1CCC(Nc2cnn(C)c2)C1. The highest BCUT2D eigenvalue weighted by atomic mass is 15.3. The van der Waals surface area contributed by atoms with E-state index in [9.17, 15) is 0 Å². The van der Waals surface area contributed by atoms with Crippen molar-refractivity contribution in [3.8, 4) is 0 Å². The molecular formula is C10H18N4. The minimum Gasteiger partial charge on any atom is -0.378 e. The molecule has 4 heteroatoms. The number of likely N-dealkylation sites (tertiary alicyclic amines) is 1. The highest BCUT2D eigenvalue weighted by molar-refractivity contribution is 5.39. The second-order valence-electron chi connectivity index (χ2n) is 3.93. The lowest BCUT2D eigenvalue weighted by atomic mass is 10.2. The summed E-state index contributed by atoms with van der Waals surface area (Å²) >= 11 is 0. The van der Waals surface area contributed by atoms with Crippen molar-refractivity contribution in [2.45, 2.75) is 19.4 Å². The van der Waals surface area contributed by atoms with Crippen LogP contribution in [-0.4, -0.2) is 40.4 Å². The van der Waals surface area contributed by atoms with E-state index in [-0.39, 0.29) is 0 Å². The van der Waals surface area contributed by atoms with Crippen molar-refractivity contribution in [2.75, 3.05) is 25.0 Å². The molecule has 1 aliphatic heterocycles. The predicted octanol–water partition coefficient (Wildman–Crippen LogP) is 0.926. The third kappa shape index (κ3) is 2.07. The molecule has 0 saturated carbocycles. The molecule has 1 aromatic rings. The molecule has 0 bridgehead atoms. The number of nitrogens with one attached hydrogen (secondary N) is 1. The third-order valence-electron chi connectivity index (χ3n) is 2.80. The van der Waals surface area contributed by atoms with Crippen LogP contribution in [0.15, 0.2) is 12.4 Å². The Morgan fingerprint density at radius 2 is 2.50 bits per heavy atom. The Balaban J connectivity index is 1.87. The molecule has 1 atom stereocenters. The molecule has 0 radical (unpaired) electrons. The van der Waals surface area contributed by atoms with Crippen LogP contribution in [0.1, 0.15) is 13.3 Å². The Labute approximate surface area is 84.9 Å². The van der Waals surface area contributed by atoms with Crippen molar-refractivity contribution < 1.29 is 0 Å². The summed E-state index contributed by atoms with van der Waals surface area (Å²) in [5, 5.41) is 7.64. The fourth-order valence-corrected chi connectivity index (χ4v) is 1.97. The van der Waals surface area contributed by atoms with E-state index in [1.165, 1.54) is 13.0 Å². The summed E-state index contributed by atoms with van der Waals surface area (Å²) in [6, 6.07) is 0.596. The minimum absolute atomic E-state index is 0.596. The number of likely N-dealkylation sites (N-methyl/N-ethyl adjacent to an activating group) is 1. The van der Waals surface area contributed by atoms with Gasteiger partial charge in [-0.25, -0.2) is 0 Å². The van der Waals surface area contributed by atoms with Crippen LogP contribution in [0, 0.1) is 0 Å². The quantitative estimate of drug-likeness (QED) is 0.777. The van der Waals surface area contributed by atoms with E-state index < -0.39 is 0 Å². The Morgan fingerprint density at radius 3 is 3.07 bits per heavy atom. The Hall–Kier alpha value is -1.03. The lowest BCUT2D eigenvalue weighted by Gasteiger charge is -2.14. The van der Waals surface area contributed by atoms with Gasteiger partial charge < -0.3 is 10.2 Å². The second-order valence-corrected chi connectivity index (χ2v) is 3.93. The monoisotopic (exact) mass is 194 g/mol. The van der Waals surface area contributed by atoms with Crippen LogP contribution in [-0.2, 0) is 7.05 Å². The first-order valence-electron chi connectivity index (χ1n) is 5.25. The Bertz CT molecular complexity index is 294. The van der Waals surface area contributed by atoms with Gasteiger partial charge in [-0.1, -0.05) is 6.92 Å². The van der Waals surface area contributed by atoms with Crippen LogP contribution < -0.4 is 5.32 Å². The zero-order valence-corrected chi connectivity index (χ0v) is 8.90. The van der Waals surface area contributed by atoms with E-state index in [1.807, 2.05) is 24.1 Å². The first kappa shape index (κ1) is 9.52. The molecule has 2 rings (SSSR count). The van der Waals surface area contributed by atoms with Gasteiger partial charge in [0.2, 0.25) is 0 Å². The highest BCUT2D eigenvalue weighted by Crippen LogP contribution is 2.14. The molecule has 0 aromatic carbocycles. The van der Waals surface area contributed by atoms with Crippen LogP contribution in [0.3, 0.4) is 0 Å². The molecule has 0 aliphatic carbocycles. The van der Waals surface area contributed by atoms with Crippen LogP contribution in [0.25, 0.3) is 0 Å². The molecule has 1 saturated heterocycles. The Kier molecular flexibility index (Phi) is 2.72. The number of anilines is 1. The van der Waals surface area contributed by atoms with Crippen LogP contribution in [0.5, 0.6) is 0 Å². The number of hydrogen-bond donors (Lipinski definition) is 1. The second kappa shape index (κ2) is 4.00. The van der Waals surface area contributed by atoms with Gasteiger partial charge in [-0.15, -0.1) is 0 Å². The van der Waals surface area contributed by atoms with Gasteiger partial charge in [0.25, 0.3) is 0 Å². The highest BCUT2D eigenvalue weighted by Gasteiger charge is 2.20. The van der Waals surface area contributed by atoms with Gasteiger partial charge >= 0.3 is 0 Å². The summed E-state index contributed by atoms with van der Waals surface area (Å²) in [6.45, 7) is 5.75. The predicted molar refractivity (Wildman–Crippen MR) is 57.3 cm³/mol. The normalized spacial score (nSPS) is 22.9. The lowest BCUT2D eigenvalue weighted by molar-refractivity contribution is 0.356. The molecular weight excluding hydrogens is 176 g/mol. The molecule has 78 valence electrons. The number of aryl methyl sites for hydroxylation is 1. The number of hydrogen-bond acceptors (Lipinski definition) is 3. The number of nitrogens with zero attached hydrogens (tertiary/aromatic N) is 3. The van der Waals surface area contributed by atoms with Crippen molar-refractivity contribution >= 4 is 5.69 Å². The van der Waals surface area contributed by atoms with Crippen molar-refractivity contribution in [1.82, 2.24) is 14.7 Å². The van der Waals surface area contributed by atoms with Crippen LogP contribution in [0.2, 0.25) is 0 Å². The smallest absolute Gasteiger partial charge is 0.0728 e. The minimum atomic E-state index is 0.596. The topological polar surface area (TPSA) is 33.1 Å². The maximum atomic E-state index is 4.14. The third-order valence-corrected chi connectivity index (χ3v) is 2.80. The number of rotatable bonds is 3. The van der Waals surface area contributed by atoms with Crippen molar-refractivity contribution in [3.05, 3.63) is 12.4 Å². The van der Waals surface area contributed by atoms with E-state index in [0.29, 0.717) is 6.04 Å². The molecule has 1 fully saturated rings. The Morgan fingerprint density at radius 1 is 1.64 bits per heavy atom. The first-order chi connectivity index (χ1) is 6.78. The largest absolute Gasteiger partial charge is 0.378 e. The van der Waals surface area contributed by atoms with Crippen molar-refractivity contribution in [2.24, 2.45) is 7.05 Å². The van der Waals surface area contributed by atoms with Crippen molar-refractivity contribution in [3.63, 3.8) is 0 Å². The van der Waals surface area contributed by atoms with E-state index in [1.54, 1.807) is 0 Å². The zero-order valence-electron chi connectivity index (χ0n) is 8.90. The lowest BCUT2D eigenvalue weighted by Crippen LogP contribution is -2.25. The molecule has 1 unspecified atom stereocenters. The fourth-order valence-electron chi connectivity index (χ4n) is 1.97. The molecule has 1 aromatic heterocycles. The van der Waals surface area contributed by atoms with Crippen molar-refractivity contribution in [1.29, 1.82) is 0 Å². The van der Waals surface area contributed by atoms with Gasteiger partial charge in [-0.05, 0) is 13.0 Å². The fraction of sp³-hybridized carbons (Fsp3) is 0.700. The van der Waals surface area contributed by atoms with Gasteiger partial charge in [0, 0.05) is 32.4 Å². The van der Waals surface area contributed by atoms with Crippen LogP contribution in [0.4, 0.5) is 5.69 Å².